The summed E-state index contributed by atoms with van der Waals surface area (Å²) in [5.74, 6) is 0. The molecule has 112 valence electrons. The van der Waals surface area contributed by atoms with Crippen LogP contribution in [0.4, 0.5) is 0 Å². The first kappa shape index (κ1) is 15.2. The molecule has 0 aliphatic rings. The van der Waals surface area contributed by atoms with Crippen LogP contribution in [-0.2, 0) is 0 Å². The van der Waals surface area contributed by atoms with Gasteiger partial charge in [0.05, 0.1) is 10.6 Å². The zero-order chi connectivity index (χ0) is 15.5. The quantitative estimate of drug-likeness (QED) is 0.517. The highest BCUT2D eigenvalue weighted by Gasteiger charge is 2.10. The van der Waals surface area contributed by atoms with Crippen LogP contribution in [0.1, 0.15) is 32.4 Å². The minimum absolute atomic E-state index is 0.213. The van der Waals surface area contributed by atoms with E-state index in [1.807, 2.05) is 13.8 Å². The smallest absolute Gasteiger partial charge is 0.286 e. The number of fused-ring (bicyclic) bond motifs is 1. The van der Waals surface area contributed by atoms with E-state index in [1.54, 1.807) is 24.3 Å². The second kappa shape index (κ2) is 6.05. The third-order valence-corrected chi connectivity index (χ3v) is 3.15. The van der Waals surface area contributed by atoms with Crippen molar-refractivity contribution in [2.24, 2.45) is 10.7 Å². The van der Waals surface area contributed by atoms with E-state index in [0.717, 1.165) is 17.6 Å². The van der Waals surface area contributed by atoms with Crippen LogP contribution >= 0.6 is 0 Å². The van der Waals surface area contributed by atoms with E-state index < -0.39 is 0 Å². The summed E-state index contributed by atoms with van der Waals surface area (Å²) in [5.41, 5.74) is 6.58. The molecule has 2 aromatic rings. The lowest BCUT2D eigenvalue weighted by atomic mass is 10.0. The summed E-state index contributed by atoms with van der Waals surface area (Å²) in [6.07, 6.45) is 4.37. The Bertz CT molecular complexity index is 714. The van der Waals surface area contributed by atoms with Gasteiger partial charge in [-0.05, 0) is 32.8 Å². The van der Waals surface area contributed by atoms with Crippen molar-refractivity contribution >= 4 is 17.2 Å². The van der Waals surface area contributed by atoms with Gasteiger partial charge in [0.2, 0.25) is 0 Å². The fraction of sp³-hybridized carbons (Fsp3) is 0.400. The predicted octanol–water partition coefficient (Wildman–Crippen LogP) is 1.84. The Hall–Kier alpha value is -2.21. The molecule has 0 unspecified atom stereocenters. The Balaban J connectivity index is 2.16. The van der Waals surface area contributed by atoms with Gasteiger partial charge in [-0.25, -0.2) is 0 Å². The molecule has 0 fully saturated rings. The zero-order valence-electron chi connectivity index (χ0n) is 12.3. The lowest BCUT2D eigenvalue weighted by molar-refractivity contribution is -0.464. The van der Waals surface area contributed by atoms with Gasteiger partial charge in [-0.1, -0.05) is 12.1 Å². The van der Waals surface area contributed by atoms with Gasteiger partial charge in [0.1, 0.15) is 11.2 Å². The van der Waals surface area contributed by atoms with Gasteiger partial charge < -0.3 is 15.7 Å². The summed E-state index contributed by atoms with van der Waals surface area (Å²) in [6.45, 7) is 4.50. The lowest BCUT2D eigenvalue weighted by Crippen LogP contribution is -2.31. The van der Waals surface area contributed by atoms with Crippen LogP contribution in [0.15, 0.2) is 35.5 Å². The number of aliphatic imine (C=N–C) groups is 1. The normalized spacial score (nSPS) is 12.3. The Morgan fingerprint density at radius 1 is 1.43 bits per heavy atom. The highest BCUT2D eigenvalue weighted by Crippen LogP contribution is 2.10. The molecule has 21 heavy (non-hydrogen) atoms. The number of benzene rings is 1. The minimum Gasteiger partial charge on any atom is -0.805 e. The molecular weight excluding hydrogens is 268 g/mol. The number of rotatable bonds is 5. The molecule has 2 N–H and O–H groups in total. The van der Waals surface area contributed by atoms with E-state index >= 15 is 0 Å². The first-order chi connectivity index (χ1) is 9.88. The van der Waals surface area contributed by atoms with Crippen LogP contribution < -0.4 is 10.2 Å². The maximum absolute atomic E-state index is 12.2. The van der Waals surface area contributed by atoms with Gasteiger partial charge in [-0.3, -0.25) is 4.99 Å². The molecule has 1 heterocycles. The molecule has 0 aliphatic carbocycles. The molecule has 6 heteroatoms. The molecule has 0 saturated heterocycles. The number of nitrogens with two attached hydrogens (primary N) is 1. The van der Waals surface area contributed by atoms with Crippen molar-refractivity contribution < 1.29 is 4.43 Å². The molecular formula is C15H20N4O2. The van der Waals surface area contributed by atoms with Crippen LogP contribution in [0.25, 0.3) is 11.0 Å². The Morgan fingerprint density at radius 2 is 2.14 bits per heavy atom. The van der Waals surface area contributed by atoms with Crippen LogP contribution in [0.3, 0.4) is 0 Å². The molecule has 0 amide bonds. The number of aromatic nitrogens is 2. The first-order valence-corrected chi connectivity index (χ1v) is 6.92. The monoisotopic (exact) mass is 288 g/mol. The number of hydrogen-bond acceptors (Lipinski definition) is 4. The van der Waals surface area contributed by atoms with Crippen molar-refractivity contribution in [2.45, 2.75) is 32.2 Å². The highest BCUT2D eigenvalue weighted by atomic mass is 16.5. The molecule has 0 saturated carbocycles. The predicted molar refractivity (Wildman–Crippen MR) is 84.0 cm³/mol. The lowest BCUT2D eigenvalue weighted by Gasteiger charge is -2.17. The van der Waals surface area contributed by atoms with Crippen LogP contribution in [0.2, 0.25) is 0 Å². The number of para-hydroxylation sites is 2. The summed E-state index contributed by atoms with van der Waals surface area (Å²) in [4.78, 5) is 16.1. The van der Waals surface area contributed by atoms with E-state index in [1.165, 1.54) is 12.4 Å². The van der Waals surface area contributed by atoms with Crippen molar-refractivity contribution in [1.29, 1.82) is 0 Å². The third-order valence-electron chi connectivity index (χ3n) is 3.15. The average molecular weight is 288 g/mol. The fourth-order valence-electron chi connectivity index (χ4n) is 2.07. The van der Waals surface area contributed by atoms with Crippen LogP contribution in [-0.4, -0.2) is 23.0 Å². The Morgan fingerprint density at radius 3 is 2.86 bits per heavy atom. The van der Waals surface area contributed by atoms with Crippen LogP contribution in [0.5, 0.6) is 0 Å². The fourth-order valence-corrected chi connectivity index (χ4v) is 2.07. The first-order valence-electron chi connectivity index (χ1n) is 6.92. The third kappa shape index (κ3) is 3.88. The molecule has 1 aromatic carbocycles. The molecule has 6 nitrogen and oxygen atoms in total. The van der Waals surface area contributed by atoms with Crippen LogP contribution in [0, 0.1) is 10.1 Å². The molecule has 2 rings (SSSR count). The topological polar surface area (TPSA) is 89.3 Å². The molecule has 1 aromatic heterocycles. The number of nitrogens with zero attached hydrogens (tertiary/aromatic N) is 3. The van der Waals surface area contributed by atoms with Gasteiger partial charge in [0.25, 0.3) is 11.7 Å². The van der Waals surface area contributed by atoms with E-state index in [-0.39, 0.29) is 11.2 Å². The van der Waals surface area contributed by atoms with Crippen molar-refractivity contribution in [3.63, 3.8) is 0 Å². The zero-order valence-corrected chi connectivity index (χ0v) is 12.3. The summed E-state index contributed by atoms with van der Waals surface area (Å²) < 4.78 is 1.41. The maximum atomic E-state index is 12.2. The summed E-state index contributed by atoms with van der Waals surface area (Å²) in [6, 6.07) is 6.67. The Kier molecular flexibility index (Phi) is 4.37. The molecule has 0 radical (unpaired) electrons. The van der Waals surface area contributed by atoms with Gasteiger partial charge in [0, 0.05) is 23.1 Å². The van der Waals surface area contributed by atoms with Gasteiger partial charge >= 0.3 is 0 Å². The second-order valence-electron chi connectivity index (χ2n) is 5.79. The summed E-state index contributed by atoms with van der Waals surface area (Å²) >= 11 is 0. The maximum Gasteiger partial charge on any atom is 0.286 e. The van der Waals surface area contributed by atoms with E-state index in [4.69, 9.17) is 5.73 Å². The van der Waals surface area contributed by atoms with Crippen molar-refractivity contribution in [3.05, 3.63) is 46.3 Å². The van der Waals surface area contributed by atoms with E-state index in [2.05, 4.69) is 4.99 Å². The molecule has 0 spiro atoms. The standard InChI is InChI=1S/C15H20N4O2/c1-15(2,16)8-5-9-17-10-12-11-18(20)13-6-3-4-7-14(13)19(12)21/h3-4,6-7,10-11H,5,8-9,16H2,1-2H3. The molecule has 0 aliphatic heterocycles. The minimum atomic E-state index is -0.213. The molecule has 0 bridgehead atoms. The second-order valence-corrected chi connectivity index (χ2v) is 5.79. The highest BCUT2D eigenvalue weighted by molar-refractivity contribution is 5.81. The number of hydrogen-bond donors (Lipinski definition) is 1. The Labute approximate surface area is 123 Å². The summed E-state index contributed by atoms with van der Waals surface area (Å²) in [7, 11) is 0. The van der Waals surface area contributed by atoms with Crippen molar-refractivity contribution in [1.82, 2.24) is 4.73 Å². The summed E-state index contributed by atoms with van der Waals surface area (Å²) in [5, 5.41) is 12.2. The molecule has 0 atom stereocenters. The largest absolute Gasteiger partial charge is 0.805 e. The van der Waals surface area contributed by atoms with Crippen molar-refractivity contribution in [3.8, 4) is 0 Å². The SMILES string of the molecule is CC(C)(N)CCCN=Cc1c[n+](=O)c2ccccc2n1[O-]. The van der Waals surface area contributed by atoms with Crippen molar-refractivity contribution in [2.75, 3.05) is 6.54 Å². The van der Waals surface area contributed by atoms with E-state index in [0.29, 0.717) is 22.0 Å². The van der Waals surface area contributed by atoms with Gasteiger partial charge in [-0.2, -0.15) is 0 Å². The van der Waals surface area contributed by atoms with Gasteiger partial charge in [0.15, 0.2) is 0 Å². The average Bonchev–Trinajstić information content (AvgIpc) is 2.42. The van der Waals surface area contributed by atoms with Gasteiger partial charge in [-0.15, -0.1) is 0 Å². The van der Waals surface area contributed by atoms with E-state index in [9.17, 15) is 10.1 Å².